The van der Waals surface area contributed by atoms with Crippen LogP contribution in [0.4, 0.5) is 26.3 Å². The Hall–Kier alpha value is -1.91. The van der Waals surface area contributed by atoms with Gasteiger partial charge in [0.15, 0.2) is 0 Å². The largest absolute Gasteiger partial charge is 0.433 e. The summed E-state index contributed by atoms with van der Waals surface area (Å²) in [6, 6.07) is 3.56. The summed E-state index contributed by atoms with van der Waals surface area (Å²) >= 11 is 0. The molecule has 2 aromatic rings. The molecule has 0 fully saturated rings. The molecule has 150 valence electrons. The highest BCUT2D eigenvalue weighted by atomic mass is 19.4. The van der Waals surface area contributed by atoms with Crippen molar-refractivity contribution < 1.29 is 31.4 Å². The lowest BCUT2D eigenvalue weighted by atomic mass is 9.99. The Morgan fingerprint density at radius 2 is 1.78 bits per heavy atom. The zero-order chi connectivity index (χ0) is 20.4. The Morgan fingerprint density at radius 3 is 2.33 bits per heavy atom. The lowest BCUT2D eigenvalue weighted by molar-refractivity contribution is -0.142. The molecule has 0 amide bonds. The zero-order valence-electron chi connectivity index (χ0n) is 14.6. The Balaban J connectivity index is 2.50. The average Bonchev–Trinajstić information content (AvgIpc) is 2.55. The first kappa shape index (κ1) is 21.4. The number of fused-ring (bicyclic) bond motifs is 1. The number of nitrogens with one attached hydrogen (secondary N) is 1. The average molecular weight is 395 g/mol. The van der Waals surface area contributed by atoms with E-state index in [2.05, 4.69) is 10.3 Å². The van der Waals surface area contributed by atoms with Gasteiger partial charge in [-0.25, -0.2) is 4.98 Å². The second-order valence-corrected chi connectivity index (χ2v) is 6.32. The summed E-state index contributed by atoms with van der Waals surface area (Å²) in [6.07, 6.45) is -11.2. The van der Waals surface area contributed by atoms with E-state index in [9.17, 15) is 31.4 Å². The number of pyridine rings is 1. The Labute approximate surface area is 151 Å². The summed E-state index contributed by atoms with van der Waals surface area (Å²) in [5.74, 6) is 0. The van der Waals surface area contributed by atoms with Crippen LogP contribution in [-0.4, -0.2) is 48.7 Å². The summed E-state index contributed by atoms with van der Waals surface area (Å²) < 4.78 is 79.0. The Morgan fingerprint density at radius 1 is 1.11 bits per heavy atom. The van der Waals surface area contributed by atoms with Gasteiger partial charge in [0.05, 0.1) is 17.2 Å². The number of benzene rings is 1. The van der Waals surface area contributed by atoms with E-state index in [1.54, 1.807) is 0 Å². The van der Waals surface area contributed by atoms with E-state index >= 15 is 0 Å². The van der Waals surface area contributed by atoms with Gasteiger partial charge in [-0.1, -0.05) is 12.1 Å². The Bertz CT molecular complexity index is 789. The number of rotatable bonds is 6. The van der Waals surface area contributed by atoms with Crippen molar-refractivity contribution in [1.82, 2.24) is 15.2 Å². The van der Waals surface area contributed by atoms with Crippen molar-refractivity contribution in [2.75, 3.05) is 33.7 Å². The van der Waals surface area contributed by atoms with E-state index in [-0.39, 0.29) is 17.5 Å². The molecule has 1 heterocycles. The van der Waals surface area contributed by atoms with E-state index < -0.39 is 35.2 Å². The van der Waals surface area contributed by atoms with Crippen LogP contribution in [0, 0.1) is 0 Å². The smallest absolute Gasteiger partial charge is 0.387 e. The minimum atomic E-state index is -4.94. The molecule has 2 N–H and O–H groups in total. The molecule has 0 aliphatic heterocycles. The predicted octanol–water partition coefficient (Wildman–Crippen LogP) is 3.46. The molecule has 0 saturated heterocycles. The fourth-order valence-electron chi connectivity index (χ4n) is 2.58. The molecule has 4 nitrogen and oxygen atoms in total. The fourth-order valence-corrected chi connectivity index (χ4v) is 2.58. The van der Waals surface area contributed by atoms with Crippen LogP contribution in [0.15, 0.2) is 24.3 Å². The van der Waals surface area contributed by atoms with Gasteiger partial charge in [-0.2, -0.15) is 26.3 Å². The molecular formula is C17H19F6N3O. The summed E-state index contributed by atoms with van der Waals surface area (Å²) in [6.45, 7) is 0.962. The van der Waals surface area contributed by atoms with Gasteiger partial charge in [0.2, 0.25) is 0 Å². The van der Waals surface area contributed by atoms with Crippen molar-refractivity contribution in [2.24, 2.45) is 0 Å². The molecule has 0 spiro atoms. The number of aliphatic hydroxyl groups excluding tert-OH is 1. The summed E-state index contributed by atoms with van der Waals surface area (Å²) in [4.78, 5) is 5.05. The maximum atomic E-state index is 13.2. The van der Waals surface area contributed by atoms with Crippen LogP contribution in [-0.2, 0) is 12.4 Å². The number of para-hydroxylation sites is 1. The second-order valence-electron chi connectivity index (χ2n) is 6.32. The Kier molecular flexibility index (Phi) is 6.33. The van der Waals surface area contributed by atoms with Crippen molar-refractivity contribution in [3.8, 4) is 0 Å². The zero-order valence-corrected chi connectivity index (χ0v) is 14.6. The molecule has 10 heteroatoms. The van der Waals surface area contributed by atoms with Gasteiger partial charge in [0.1, 0.15) is 5.69 Å². The number of nitrogens with zero attached hydrogens (tertiary/aromatic N) is 2. The highest BCUT2D eigenvalue weighted by molar-refractivity contribution is 5.86. The lowest BCUT2D eigenvalue weighted by Gasteiger charge is -2.19. The van der Waals surface area contributed by atoms with Crippen LogP contribution >= 0.6 is 0 Å². The molecule has 0 bridgehead atoms. The highest BCUT2D eigenvalue weighted by Gasteiger charge is 2.37. The number of aliphatic hydroxyl groups is 1. The van der Waals surface area contributed by atoms with E-state index in [1.807, 2.05) is 19.0 Å². The van der Waals surface area contributed by atoms with E-state index in [4.69, 9.17) is 0 Å². The van der Waals surface area contributed by atoms with E-state index in [0.29, 0.717) is 25.2 Å². The topological polar surface area (TPSA) is 48.4 Å². The van der Waals surface area contributed by atoms with Crippen LogP contribution in [0.2, 0.25) is 0 Å². The van der Waals surface area contributed by atoms with Gasteiger partial charge >= 0.3 is 12.4 Å². The number of hydrogen-bond acceptors (Lipinski definition) is 4. The van der Waals surface area contributed by atoms with Crippen LogP contribution in [0.25, 0.3) is 10.9 Å². The van der Waals surface area contributed by atoms with E-state index in [0.717, 1.165) is 6.07 Å². The number of halogens is 6. The molecule has 0 saturated carbocycles. The number of likely N-dealkylation sites (N-methyl/N-ethyl adjacent to an activating group) is 1. The van der Waals surface area contributed by atoms with Gasteiger partial charge in [-0.15, -0.1) is 0 Å². The van der Waals surface area contributed by atoms with Crippen LogP contribution < -0.4 is 5.32 Å². The SMILES string of the molecule is CN(C)CCNCC(O)c1cc(C(F)(F)F)nc2c(C(F)(F)F)cccc12. The van der Waals surface area contributed by atoms with Gasteiger partial charge in [-0.3, -0.25) is 0 Å². The molecule has 0 radical (unpaired) electrons. The lowest BCUT2D eigenvalue weighted by Crippen LogP contribution is -2.30. The second kappa shape index (κ2) is 7.99. The number of alkyl halides is 6. The molecule has 2 rings (SSSR count). The quantitative estimate of drug-likeness (QED) is 0.581. The normalized spacial score (nSPS) is 14.1. The maximum Gasteiger partial charge on any atom is 0.433 e. The molecule has 1 aromatic carbocycles. The molecule has 0 aliphatic rings. The van der Waals surface area contributed by atoms with Crippen molar-refractivity contribution in [2.45, 2.75) is 18.5 Å². The predicted molar refractivity (Wildman–Crippen MR) is 88.1 cm³/mol. The van der Waals surface area contributed by atoms with Crippen molar-refractivity contribution in [1.29, 1.82) is 0 Å². The molecule has 27 heavy (non-hydrogen) atoms. The first-order chi connectivity index (χ1) is 12.4. The third-order valence-electron chi connectivity index (χ3n) is 3.90. The molecule has 1 unspecified atom stereocenters. The first-order valence-electron chi connectivity index (χ1n) is 8.03. The van der Waals surface area contributed by atoms with Gasteiger partial charge in [0, 0.05) is 25.0 Å². The molecular weight excluding hydrogens is 376 g/mol. The first-order valence-corrected chi connectivity index (χ1v) is 8.03. The van der Waals surface area contributed by atoms with Gasteiger partial charge in [0.25, 0.3) is 0 Å². The molecule has 1 atom stereocenters. The standard InChI is InChI=1S/C17H19F6N3O/c1-26(2)7-6-24-9-13(27)11-8-14(17(21,22)23)25-15-10(11)4-3-5-12(15)16(18,19)20/h3-5,8,13,24,27H,6-7,9H2,1-2H3. The van der Waals surface area contributed by atoms with Crippen molar-refractivity contribution in [3.05, 3.63) is 41.1 Å². The monoisotopic (exact) mass is 395 g/mol. The van der Waals surface area contributed by atoms with Crippen LogP contribution in [0.3, 0.4) is 0 Å². The van der Waals surface area contributed by atoms with Crippen LogP contribution in [0.5, 0.6) is 0 Å². The van der Waals surface area contributed by atoms with Crippen molar-refractivity contribution >= 4 is 10.9 Å². The minimum Gasteiger partial charge on any atom is -0.387 e. The number of aromatic nitrogens is 1. The molecule has 0 aliphatic carbocycles. The molecule has 1 aromatic heterocycles. The fraction of sp³-hybridized carbons (Fsp3) is 0.471. The third kappa shape index (κ3) is 5.30. The van der Waals surface area contributed by atoms with Gasteiger partial charge in [-0.05, 0) is 31.8 Å². The minimum absolute atomic E-state index is 0.111. The number of hydrogen-bond donors (Lipinski definition) is 2. The highest BCUT2D eigenvalue weighted by Crippen LogP contribution is 2.38. The summed E-state index contributed by atoms with van der Waals surface area (Å²) in [7, 11) is 3.64. The third-order valence-corrected chi connectivity index (χ3v) is 3.90. The summed E-state index contributed by atoms with van der Waals surface area (Å²) in [5.41, 5.74) is -3.84. The maximum absolute atomic E-state index is 13.2. The summed E-state index contributed by atoms with van der Waals surface area (Å²) in [5, 5.41) is 13.0. The van der Waals surface area contributed by atoms with Crippen LogP contribution in [0.1, 0.15) is 22.9 Å². The van der Waals surface area contributed by atoms with E-state index in [1.165, 1.54) is 6.07 Å². The van der Waals surface area contributed by atoms with Gasteiger partial charge < -0.3 is 15.3 Å². The van der Waals surface area contributed by atoms with Crippen molar-refractivity contribution in [3.63, 3.8) is 0 Å².